The van der Waals surface area contributed by atoms with E-state index in [2.05, 4.69) is 64.2 Å². The van der Waals surface area contributed by atoms with Gasteiger partial charge in [-0.25, -0.2) is 0 Å². The van der Waals surface area contributed by atoms with E-state index in [1.165, 1.54) is 24.0 Å². The molecule has 1 aromatic carbocycles. The van der Waals surface area contributed by atoms with Gasteiger partial charge < -0.3 is 10.1 Å². The van der Waals surface area contributed by atoms with Crippen LogP contribution in [0, 0.1) is 6.92 Å². The van der Waals surface area contributed by atoms with Crippen LogP contribution < -0.4 is 5.32 Å². The maximum atomic E-state index is 6.20. The maximum absolute atomic E-state index is 6.20. The van der Waals surface area contributed by atoms with Crippen molar-refractivity contribution in [1.82, 2.24) is 5.32 Å². The monoisotopic (exact) mass is 289 g/mol. The van der Waals surface area contributed by atoms with Crippen LogP contribution in [0.3, 0.4) is 0 Å². The van der Waals surface area contributed by atoms with Crippen molar-refractivity contribution >= 4 is 0 Å². The Morgan fingerprint density at radius 3 is 2.43 bits per heavy atom. The predicted octanol–water partition coefficient (Wildman–Crippen LogP) is 4.42. The number of ether oxygens (including phenoxy) is 1. The number of nitrogens with one attached hydrogen (secondary N) is 1. The Balaban J connectivity index is 2.03. The molecule has 2 rings (SSSR count). The molecule has 1 N–H and O–H groups in total. The molecule has 2 unspecified atom stereocenters. The number of rotatable bonds is 6. The Morgan fingerprint density at radius 2 is 1.90 bits per heavy atom. The average Bonchev–Trinajstić information content (AvgIpc) is 2.75. The van der Waals surface area contributed by atoms with E-state index in [0.717, 1.165) is 13.0 Å². The zero-order valence-electron chi connectivity index (χ0n) is 14.3. The van der Waals surface area contributed by atoms with Gasteiger partial charge in [0.25, 0.3) is 0 Å². The first kappa shape index (κ1) is 16.5. The van der Waals surface area contributed by atoms with Crippen LogP contribution in [0.25, 0.3) is 0 Å². The largest absolute Gasteiger partial charge is 0.372 e. The highest BCUT2D eigenvalue weighted by atomic mass is 16.5. The van der Waals surface area contributed by atoms with Gasteiger partial charge in [-0.05, 0) is 51.5 Å². The van der Waals surface area contributed by atoms with Crippen molar-refractivity contribution in [3.05, 3.63) is 35.4 Å². The molecule has 0 spiro atoms. The summed E-state index contributed by atoms with van der Waals surface area (Å²) in [5.41, 5.74) is 2.82. The topological polar surface area (TPSA) is 21.3 Å². The van der Waals surface area contributed by atoms with Gasteiger partial charge >= 0.3 is 0 Å². The second-order valence-corrected chi connectivity index (χ2v) is 7.44. The molecule has 0 saturated carbocycles. The van der Waals surface area contributed by atoms with E-state index < -0.39 is 0 Å². The lowest BCUT2D eigenvalue weighted by Gasteiger charge is -2.25. The van der Waals surface area contributed by atoms with Gasteiger partial charge in [0.2, 0.25) is 0 Å². The second-order valence-electron chi connectivity index (χ2n) is 7.44. The molecular formula is C19H31NO. The fraction of sp³-hybridized carbons (Fsp3) is 0.684. The number of hydrogen-bond acceptors (Lipinski definition) is 2. The standard InChI is InChI=1S/C19H31NO/c1-14(2)20-13-17(16-8-6-15(3)7-9-16)12-18-10-11-19(4,5)21-18/h6-9,14,17-18,20H,10-13H2,1-5H3. The van der Waals surface area contributed by atoms with E-state index >= 15 is 0 Å². The van der Waals surface area contributed by atoms with Crippen molar-refractivity contribution in [2.24, 2.45) is 0 Å². The molecule has 1 aromatic rings. The van der Waals surface area contributed by atoms with Gasteiger partial charge in [-0.15, -0.1) is 0 Å². The van der Waals surface area contributed by atoms with Gasteiger partial charge in [0, 0.05) is 12.6 Å². The molecule has 0 amide bonds. The molecule has 2 heteroatoms. The fourth-order valence-electron chi connectivity index (χ4n) is 3.11. The summed E-state index contributed by atoms with van der Waals surface area (Å²) in [6.45, 7) is 12.0. The molecule has 0 bridgehead atoms. The molecular weight excluding hydrogens is 258 g/mol. The first-order valence-electron chi connectivity index (χ1n) is 8.33. The highest BCUT2D eigenvalue weighted by Crippen LogP contribution is 2.34. The van der Waals surface area contributed by atoms with Gasteiger partial charge in [0.05, 0.1) is 11.7 Å². The van der Waals surface area contributed by atoms with Gasteiger partial charge in [0.1, 0.15) is 0 Å². The van der Waals surface area contributed by atoms with Crippen molar-refractivity contribution < 1.29 is 4.74 Å². The summed E-state index contributed by atoms with van der Waals surface area (Å²) in [5.74, 6) is 0.534. The Bertz CT molecular complexity index is 435. The third kappa shape index (κ3) is 5.12. The predicted molar refractivity (Wildman–Crippen MR) is 89.9 cm³/mol. The minimum atomic E-state index is 0.0635. The summed E-state index contributed by atoms with van der Waals surface area (Å²) in [4.78, 5) is 0. The lowest BCUT2D eigenvalue weighted by atomic mass is 9.91. The summed E-state index contributed by atoms with van der Waals surface area (Å²) in [7, 11) is 0. The van der Waals surface area contributed by atoms with Crippen molar-refractivity contribution in [2.45, 2.75) is 77.5 Å². The van der Waals surface area contributed by atoms with Crippen molar-refractivity contribution in [3.63, 3.8) is 0 Å². The highest BCUT2D eigenvalue weighted by molar-refractivity contribution is 5.25. The van der Waals surface area contributed by atoms with E-state index in [9.17, 15) is 0 Å². The molecule has 1 aliphatic rings. The molecule has 118 valence electrons. The Kier molecular flexibility index (Phi) is 5.45. The highest BCUT2D eigenvalue weighted by Gasteiger charge is 2.33. The number of benzene rings is 1. The van der Waals surface area contributed by atoms with Crippen LogP contribution in [0.4, 0.5) is 0 Å². The lowest BCUT2D eigenvalue weighted by Crippen LogP contribution is -2.30. The normalized spacial score (nSPS) is 22.7. The third-order valence-electron chi connectivity index (χ3n) is 4.42. The van der Waals surface area contributed by atoms with Crippen molar-refractivity contribution in [2.75, 3.05) is 6.54 Å². The molecule has 0 aromatic heterocycles. The summed E-state index contributed by atoms with van der Waals surface area (Å²) in [6, 6.07) is 9.53. The number of aryl methyl sites for hydroxylation is 1. The Hall–Kier alpha value is -0.860. The third-order valence-corrected chi connectivity index (χ3v) is 4.42. The molecule has 2 atom stereocenters. The molecule has 0 aliphatic carbocycles. The Labute approximate surface area is 130 Å². The zero-order chi connectivity index (χ0) is 15.5. The summed E-state index contributed by atoms with van der Waals surface area (Å²) >= 11 is 0. The molecule has 1 saturated heterocycles. The van der Waals surface area contributed by atoms with Crippen molar-refractivity contribution in [1.29, 1.82) is 0 Å². The van der Waals surface area contributed by atoms with E-state index in [-0.39, 0.29) is 5.60 Å². The minimum absolute atomic E-state index is 0.0635. The van der Waals surface area contributed by atoms with Crippen LogP contribution >= 0.6 is 0 Å². The second kappa shape index (κ2) is 6.93. The summed E-state index contributed by atoms with van der Waals surface area (Å²) in [5, 5.41) is 3.60. The SMILES string of the molecule is Cc1ccc(C(CNC(C)C)CC2CCC(C)(C)O2)cc1. The smallest absolute Gasteiger partial charge is 0.0631 e. The quantitative estimate of drug-likeness (QED) is 0.837. The zero-order valence-corrected chi connectivity index (χ0v) is 14.3. The average molecular weight is 289 g/mol. The molecule has 1 aliphatic heterocycles. The van der Waals surface area contributed by atoms with Gasteiger partial charge in [-0.1, -0.05) is 43.7 Å². The maximum Gasteiger partial charge on any atom is 0.0631 e. The van der Waals surface area contributed by atoms with Gasteiger partial charge in [-0.3, -0.25) is 0 Å². The number of hydrogen-bond donors (Lipinski definition) is 1. The van der Waals surface area contributed by atoms with E-state index in [1.807, 2.05) is 0 Å². The van der Waals surface area contributed by atoms with E-state index in [4.69, 9.17) is 4.74 Å². The first-order chi connectivity index (χ1) is 9.85. The van der Waals surface area contributed by atoms with Crippen LogP contribution in [-0.2, 0) is 4.74 Å². The first-order valence-corrected chi connectivity index (χ1v) is 8.33. The minimum Gasteiger partial charge on any atom is -0.372 e. The van der Waals surface area contributed by atoms with Crippen LogP contribution in [0.1, 0.15) is 64.0 Å². The van der Waals surface area contributed by atoms with Gasteiger partial charge in [0.15, 0.2) is 0 Å². The summed E-state index contributed by atoms with van der Waals surface area (Å²) < 4.78 is 6.20. The Morgan fingerprint density at radius 1 is 1.24 bits per heavy atom. The summed E-state index contributed by atoms with van der Waals surface area (Å²) in [6.07, 6.45) is 3.89. The van der Waals surface area contributed by atoms with Crippen LogP contribution in [0.5, 0.6) is 0 Å². The lowest BCUT2D eigenvalue weighted by molar-refractivity contribution is -0.0209. The molecule has 2 nitrogen and oxygen atoms in total. The van der Waals surface area contributed by atoms with Crippen molar-refractivity contribution in [3.8, 4) is 0 Å². The van der Waals surface area contributed by atoms with Crippen LogP contribution in [-0.4, -0.2) is 24.3 Å². The molecule has 0 radical (unpaired) electrons. The fourth-order valence-corrected chi connectivity index (χ4v) is 3.11. The van der Waals surface area contributed by atoms with Crippen LogP contribution in [0.15, 0.2) is 24.3 Å². The molecule has 1 heterocycles. The van der Waals surface area contributed by atoms with E-state index in [1.54, 1.807) is 0 Å². The van der Waals surface area contributed by atoms with Gasteiger partial charge in [-0.2, -0.15) is 0 Å². The van der Waals surface area contributed by atoms with E-state index in [0.29, 0.717) is 18.1 Å². The van der Waals surface area contributed by atoms with Crippen LogP contribution in [0.2, 0.25) is 0 Å². The molecule has 21 heavy (non-hydrogen) atoms. The molecule has 1 fully saturated rings.